The molecule has 4 N–H and O–H groups in total. The summed E-state index contributed by atoms with van der Waals surface area (Å²) in [5, 5.41) is 27.2. The second-order valence-corrected chi connectivity index (χ2v) is 3.37. The predicted molar refractivity (Wildman–Crippen MR) is 54.7 cm³/mol. The number of para-hydroxylation sites is 2. The molecule has 1 aromatic carbocycles. The lowest BCUT2D eigenvalue weighted by Gasteiger charge is -2.10. The van der Waals surface area contributed by atoms with E-state index in [1.165, 1.54) is 0 Å². The molecular formula is C10H10N2O4. The van der Waals surface area contributed by atoms with Crippen LogP contribution in [-0.4, -0.2) is 37.4 Å². The van der Waals surface area contributed by atoms with Crippen LogP contribution in [0.25, 0.3) is 11.0 Å². The maximum atomic E-state index is 10.5. The van der Waals surface area contributed by atoms with Crippen LogP contribution < -0.4 is 0 Å². The lowest BCUT2D eigenvalue weighted by molar-refractivity contribution is -0.153. The highest BCUT2D eigenvalue weighted by atomic mass is 16.4. The zero-order valence-electron chi connectivity index (χ0n) is 8.16. The molecule has 1 aromatic heterocycles. The Balaban J connectivity index is 2.36. The Kier molecular flexibility index (Phi) is 2.59. The normalized spacial score (nSPS) is 14.9. The van der Waals surface area contributed by atoms with E-state index < -0.39 is 18.2 Å². The van der Waals surface area contributed by atoms with E-state index in [1.54, 1.807) is 24.3 Å². The van der Waals surface area contributed by atoms with Gasteiger partial charge in [-0.25, -0.2) is 9.78 Å². The van der Waals surface area contributed by atoms with Gasteiger partial charge in [0.1, 0.15) is 11.9 Å². The monoisotopic (exact) mass is 222 g/mol. The number of carboxylic acids is 1. The topological polar surface area (TPSA) is 106 Å². The predicted octanol–water partition coefficient (Wildman–Crippen LogP) is 0.0418. The van der Waals surface area contributed by atoms with Gasteiger partial charge in [-0.15, -0.1) is 0 Å². The number of nitrogens with zero attached hydrogens (tertiary/aromatic N) is 1. The summed E-state index contributed by atoms with van der Waals surface area (Å²) in [5.74, 6) is -1.45. The van der Waals surface area contributed by atoms with Crippen molar-refractivity contribution < 1.29 is 20.1 Å². The summed E-state index contributed by atoms with van der Waals surface area (Å²) in [6, 6.07) is 7.01. The van der Waals surface area contributed by atoms with E-state index in [0.29, 0.717) is 11.0 Å². The van der Waals surface area contributed by atoms with Gasteiger partial charge in [0.15, 0.2) is 6.10 Å². The molecule has 1 heterocycles. The van der Waals surface area contributed by atoms with Crippen LogP contribution >= 0.6 is 0 Å². The van der Waals surface area contributed by atoms with E-state index in [4.69, 9.17) is 10.2 Å². The molecule has 0 aliphatic carbocycles. The number of H-pyrrole nitrogens is 1. The van der Waals surface area contributed by atoms with Crippen LogP contribution in [0.2, 0.25) is 0 Å². The Morgan fingerprint density at radius 2 is 2.00 bits per heavy atom. The van der Waals surface area contributed by atoms with Crippen molar-refractivity contribution in [2.45, 2.75) is 12.2 Å². The molecule has 0 aliphatic heterocycles. The Labute approximate surface area is 90.2 Å². The van der Waals surface area contributed by atoms with Crippen LogP contribution in [-0.2, 0) is 4.79 Å². The average Bonchev–Trinajstić information content (AvgIpc) is 2.70. The highest BCUT2D eigenvalue weighted by molar-refractivity contribution is 5.76. The van der Waals surface area contributed by atoms with Crippen molar-refractivity contribution in [1.29, 1.82) is 0 Å². The molecule has 16 heavy (non-hydrogen) atoms. The summed E-state index contributed by atoms with van der Waals surface area (Å²) < 4.78 is 0. The number of carboxylic acid groups (broad SMARTS) is 1. The van der Waals surface area contributed by atoms with Gasteiger partial charge in [-0.2, -0.15) is 0 Å². The molecule has 0 fully saturated rings. The van der Waals surface area contributed by atoms with Crippen molar-refractivity contribution in [1.82, 2.24) is 9.97 Å². The van der Waals surface area contributed by atoms with Crippen LogP contribution in [0.4, 0.5) is 0 Å². The lowest BCUT2D eigenvalue weighted by atomic mass is 10.2. The first-order valence-electron chi connectivity index (χ1n) is 4.63. The number of rotatable bonds is 3. The number of aliphatic hydroxyl groups is 2. The van der Waals surface area contributed by atoms with E-state index in [2.05, 4.69) is 9.97 Å². The maximum absolute atomic E-state index is 10.5. The fourth-order valence-electron chi connectivity index (χ4n) is 1.40. The van der Waals surface area contributed by atoms with Crippen molar-refractivity contribution in [2.24, 2.45) is 0 Å². The number of aliphatic hydroxyl groups excluding tert-OH is 2. The quantitative estimate of drug-likeness (QED) is 0.586. The minimum atomic E-state index is -1.89. The van der Waals surface area contributed by atoms with Gasteiger partial charge in [-0.05, 0) is 12.1 Å². The fraction of sp³-hybridized carbons (Fsp3) is 0.200. The smallest absolute Gasteiger partial charge is 0.335 e. The Hall–Kier alpha value is -1.92. The van der Waals surface area contributed by atoms with Crippen LogP contribution in [0, 0.1) is 0 Å². The molecule has 6 heteroatoms. The Morgan fingerprint density at radius 3 is 2.62 bits per heavy atom. The summed E-state index contributed by atoms with van der Waals surface area (Å²) in [6.07, 6.45) is -3.45. The van der Waals surface area contributed by atoms with E-state index in [9.17, 15) is 9.90 Å². The summed E-state index contributed by atoms with van der Waals surface area (Å²) in [6.45, 7) is 0. The zero-order valence-corrected chi connectivity index (χ0v) is 8.16. The Morgan fingerprint density at radius 1 is 1.31 bits per heavy atom. The van der Waals surface area contributed by atoms with E-state index >= 15 is 0 Å². The third-order valence-electron chi connectivity index (χ3n) is 2.24. The molecule has 0 saturated heterocycles. The van der Waals surface area contributed by atoms with Crippen LogP contribution in [0.15, 0.2) is 24.3 Å². The van der Waals surface area contributed by atoms with Gasteiger partial charge >= 0.3 is 5.97 Å². The van der Waals surface area contributed by atoms with Gasteiger partial charge in [0.25, 0.3) is 0 Å². The number of hydrogen-bond acceptors (Lipinski definition) is 4. The van der Waals surface area contributed by atoms with Gasteiger partial charge in [0.2, 0.25) is 0 Å². The third kappa shape index (κ3) is 1.75. The fourth-order valence-corrected chi connectivity index (χ4v) is 1.40. The zero-order chi connectivity index (χ0) is 11.7. The number of nitrogens with one attached hydrogen (secondary N) is 1. The van der Waals surface area contributed by atoms with E-state index in [0.717, 1.165) is 0 Å². The molecule has 0 aliphatic rings. The SMILES string of the molecule is O=C(O)[C@H](O)[C@@H](O)c1nc2ccccc2[nH]1. The van der Waals surface area contributed by atoms with Crippen molar-refractivity contribution in [3.63, 3.8) is 0 Å². The van der Waals surface area contributed by atoms with Gasteiger partial charge in [-0.1, -0.05) is 12.1 Å². The molecule has 6 nitrogen and oxygen atoms in total. The Bertz CT molecular complexity index is 489. The number of carbonyl (C=O) groups is 1. The first kappa shape index (κ1) is 10.6. The summed E-state index contributed by atoms with van der Waals surface area (Å²) in [5.41, 5.74) is 1.28. The van der Waals surface area contributed by atoms with Crippen molar-refractivity contribution in [3.8, 4) is 0 Å². The summed E-state index contributed by atoms with van der Waals surface area (Å²) >= 11 is 0. The molecule has 0 radical (unpaired) electrons. The molecular weight excluding hydrogens is 212 g/mol. The van der Waals surface area contributed by atoms with Crippen molar-refractivity contribution in [2.75, 3.05) is 0 Å². The minimum absolute atomic E-state index is 0.0381. The molecule has 2 atom stereocenters. The van der Waals surface area contributed by atoms with Gasteiger partial charge in [0.05, 0.1) is 11.0 Å². The highest BCUT2D eigenvalue weighted by Crippen LogP contribution is 2.18. The molecule has 0 unspecified atom stereocenters. The van der Waals surface area contributed by atoms with E-state index in [1.807, 2.05) is 0 Å². The van der Waals surface area contributed by atoms with Gasteiger partial charge in [0, 0.05) is 0 Å². The number of aromatic amines is 1. The molecule has 2 rings (SSSR count). The minimum Gasteiger partial charge on any atom is -0.479 e. The molecule has 0 amide bonds. The van der Waals surface area contributed by atoms with Crippen LogP contribution in [0.3, 0.4) is 0 Å². The second-order valence-electron chi connectivity index (χ2n) is 3.37. The first-order chi connectivity index (χ1) is 7.59. The maximum Gasteiger partial charge on any atom is 0.335 e. The van der Waals surface area contributed by atoms with Crippen LogP contribution in [0.5, 0.6) is 0 Å². The van der Waals surface area contributed by atoms with Crippen LogP contribution in [0.1, 0.15) is 11.9 Å². The summed E-state index contributed by atoms with van der Waals surface area (Å²) in [4.78, 5) is 17.2. The van der Waals surface area contributed by atoms with Crippen molar-refractivity contribution >= 4 is 17.0 Å². The van der Waals surface area contributed by atoms with Crippen molar-refractivity contribution in [3.05, 3.63) is 30.1 Å². The molecule has 84 valence electrons. The molecule has 0 bridgehead atoms. The largest absolute Gasteiger partial charge is 0.479 e. The third-order valence-corrected chi connectivity index (χ3v) is 2.24. The highest BCUT2D eigenvalue weighted by Gasteiger charge is 2.27. The first-order valence-corrected chi connectivity index (χ1v) is 4.63. The summed E-state index contributed by atoms with van der Waals surface area (Å²) in [7, 11) is 0. The molecule has 0 saturated carbocycles. The lowest BCUT2D eigenvalue weighted by Crippen LogP contribution is -2.28. The van der Waals surface area contributed by atoms with Gasteiger partial charge < -0.3 is 20.3 Å². The molecule has 0 spiro atoms. The average molecular weight is 222 g/mol. The number of benzene rings is 1. The molecule has 2 aromatic rings. The second kappa shape index (κ2) is 3.92. The number of aromatic nitrogens is 2. The number of aliphatic carboxylic acids is 1. The standard InChI is InChI=1S/C10H10N2O4/c13-7(8(14)10(15)16)9-11-5-3-1-2-4-6(5)12-9/h1-4,7-8,13-14H,(H,11,12)(H,15,16)/t7-,8-/m1/s1. The number of imidazole rings is 1. The van der Waals surface area contributed by atoms with Gasteiger partial charge in [-0.3, -0.25) is 0 Å². The number of hydrogen-bond donors (Lipinski definition) is 4. The number of fused-ring (bicyclic) bond motifs is 1. The van der Waals surface area contributed by atoms with E-state index in [-0.39, 0.29) is 5.82 Å².